The molecular formula is C9H7NO4. The number of aldehydes is 1. The molecule has 14 heavy (non-hydrogen) atoms. The van der Waals surface area contributed by atoms with Crippen molar-refractivity contribution in [3.63, 3.8) is 0 Å². The summed E-state index contributed by atoms with van der Waals surface area (Å²) in [5.41, 5.74) is -0.135. The largest absolute Gasteiger partial charge is 0.298 e. The number of hydrogen-bond donors (Lipinski definition) is 0. The van der Waals surface area contributed by atoms with Crippen molar-refractivity contribution in [3.05, 3.63) is 39.4 Å². The van der Waals surface area contributed by atoms with Crippen LogP contribution in [-0.4, -0.2) is 17.0 Å². The molecule has 0 bridgehead atoms. The molecule has 0 aliphatic rings. The number of rotatable bonds is 3. The maximum absolute atomic E-state index is 11.0. The molecule has 0 radical (unpaired) electrons. The van der Waals surface area contributed by atoms with Crippen LogP contribution in [0.4, 0.5) is 5.69 Å². The Morgan fingerprint density at radius 1 is 1.50 bits per heavy atom. The van der Waals surface area contributed by atoms with Crippen LogP contribution in [-0.2, 0) is 0 Å². The second-order valence-electron chi connectivity index (χ2n) is 2.71. The first-order valence-electron chi connectivity index (χ1n) is 3.81. The van der Waals surface area contributed by atoms with E-state index in [0.29, 0.717) is 6.29 Å². The van der Waals surface area contributed by atoms with Crippen molar-refractivity contribution in [2.75, 3.05) is 0 Å². The standard InChI is InChI=1S/C9H7NO4/c1-6(12)8-3-2-7(5-11)4-9(8)10(13)14/h2-5H,1H3. The van der Waals surface area contributed by atoms with Gasteiger partial charge in [-0.3, -0.25) is 19.7 Å². The van der Waals surface area contributed by atoms with Gasteiger partial charge in [0.15, 0.2) is 5.78 Å². The van der Waals surface area contributed by atoms with Gasteiger partial charge in [-0.1, -0.05) is 6.07 Å². The summed E-state index contributed by atoms with van der Waals surface area (Å²) in [5, 5.41) is 10.5. The normalized spacial score (nSPS) is 9.50. The van der Waals surface area contributed by atoms with E-state index >= 15 is 0 Å². The summed E-state index contributed by atoms with van der Waals surface area (Å²) in [6, 6.07) is 3.74. The first-order valence-corrected chi connectivity index (χ1v) is 3.81. The third kappa shape index (κ3) is 1.82. The maximum atomic E-state index is 11.0. The summed E-state index contributed by atoms with van der Waals surface area (Å²) in [6.07, 6.45) is 0.497. The van der Waals surface area contributed by atoms with Gasteiger partial charge in [0.05, 0.1) is 10.5 Å². The van der Waals surface area contributed by atoms with Gasteiger partial charge < -0.3 is 0 Å². The Labute approximate surface area is 79.5 Å². The zero-order valence-corrected chi connectivity index (χ0v) is 7.39. The van der Waals surface area contributed by atoms with E-state index in [1.54, 1.807) is 0 Å². The summed E-state index contributed by atoms with van der Waals surface area (Å²) in [7, 11) is 0. The van der Waals surface area contributed by atoms with Gasteiger partial charge in [0.25, 0.3) is 5.69 Å². The third-order valence-electron chi connectivity index (χ3n) is 1.73. The topological polar surface area (TPSA) is 77.3 Å². The van der Waals surface area contributed by atoms with Crippen molar-refractivity contribution in [3.8, 4) is 0 Å². The molecule has 0 aromatic heterocycles. The average molecular weight is 193 g/mol. The predicted molar refractivity (Wildman–Crippen MR) is 48.5 cm³/mol. The molecule has 0 N–H and O–H groups in total. The van der Waals surface area contributed by atoms with Gasteiger partial charge in [-0.05, 0) is 13.0 Å². The summed E-state index contributed by atoms with van der Waals surface area (Å²) in [6.45, 7) is 1.24. The smallest absolute Gasteiger partial charge is 0.280 e. The van der Waals surface area contributed by atoms with Crippen LogP contribution in [0.3, 0.4) is 0 Å². The molecule has 0 aliphatic carbocycles. The van der Waals surface area contributed by atoms with Crippen molar-refractivity contribution in [1.29, 1.82) is 0 Å². The van der Waals surface area contributed by atoms with Gasteiger partial charge in [-0.25, -0.2) is 0 Å². The lowest BCUT2D eigenvalue weighted by molar-refractivity contribution is -0.385. The molecular weight excluding hydrogens is 186 g/mol. The highest BCUT2D eigenvalue weighted by Crippen LogP contribution is 2.19. The maximum Gasteiger partial charge on any atom is 0.280 e. The number of ketones is 1. The van der Waals surface area contributed by atoms with E-state index in [2.05, 4.69) is 0 Å². The summed E-state index contributed by atoms with van der Waals surface area (Å²) in [4.78, 5) is 31.2. The number of nitro groups is 1. The van der Waals surface area contributed by atoms with E-state index in [4.69, 9.17) is 0 Å². The minimum atomic E-state index is -0.677. The first kappa shape index (κ1) is 10.0. The lowest BCUT2D eigenvalue weighted by atomic mass is 10.1. The zero-order chi connectivity index (χ0) is 10.7. The van der Waals surface area contributed by atoms with E-state index < -0.39 is 10.7 Å². The molecule has 0 fully saturated rings. The fraction of sp³-hybridized carbons (Fsp3) is 0.111. The molecule has 0 atom stereocenters. The van der Waals surface area contributed by atoms with Crippen molar-refractivity contribution in [2.24, 2.45) is 0 Å². The van der Waals surface area contributed by atoms with Gasteiger partial charge >= 0.3 is 0 Å². The first-order chi connectivity index (χ1) is 6.56. The Hall–Kier alpha value is -2.04. The summed E-state index contributed by atoms with van der Waals surface area (Å²) < 4.78 is 0. The third-order valence-corrected chi connectivity index (χ3v) is 1.73. The zero-order valence-electron chi connectivity index (χ0n) is 7.39. The van der Waals surface area contributed by atoms with Crippen LogP contribution < -0.4 is 0 Å². The number of hydrogen-bond acceptors (Lipinski definition) is 4. The Kier molecular flexibility index (Phi) is 2.71. The van der Waals surface area contributed by atoms with Crippen LogP contribution in [0.5, 0.6) is 0 Å². The van der Waals surface area contributed by atoms with Gasteiger partial charge in [-0.2, -0.15) is 0 Å². The highest BCUT2D eigenvalue weighted by atomic mass is 16.6. The van der Waals surface area contributed by atoms with Crippen LogP contribution in [0.1, 0.15) is 27.6 Å². The van der Waals surface area contributed by atoms with Crippen LogP contribution in [0.15, 0.2) is 18.2 Å². The molecule has 72 valence electrons. The molecule has 1 rings (SSSR count). The second-order valence-corrected chi connectivity index (χ2v) is 2.71. The Morgan fingerprint density at radius 3 is 2.57 bits per heavy atom. The SMILES string of the molecule is CC(=O)c1ccc(C=O)cc1[N+](=O)[O-]. The number of carbonyl (C=O) groups is 2. The fourth-order valence-corrected chi connectivity index (χ4v) is 1.07. The Balaban J connectivity index is 3.38. The lowest BCUT2D eigenvalue weighted by Crippen LogP contribution is -2.00. The molecule has 0 saturated heterocycles. The quantitative estimate of drug-likeness (QED) is 0.316. The number of carbonyl (C=O) groups excluding carboxylic acids is 2. The summed E-state index contributed by atoms with van der Waals surface area (Å²) >= 11 is 0. The Morgan fingerprint density at radius 2 is 2.14 bits per heavy atom. The van der Waals surface area contributed by atoms with Crippen molar-refractivity contribution in [2.45, 2.75) is 6.92 Å². The molecule has 1 aromatic rings. The molecule has 5 heteroatoms. The van der Waals surface area contributed by atoms with Crippen molar-refractivity contribution < 1.29 is 14.5 Å². The number of benzene rings is 1. The van der Waals surface area contributed by atoms with E-state index in [1.165, 1.54) is 19.1 Å². The molecule has 0 amide bonds. The van der Waals surface area contributed by atoms with Crippen LogP contribution in [0.25, 0.3) is 0 Å². The predicted octanol–water partition coefficient (Wildman–Crippen LogP) is 1.61. The minimum absolute atomic E-state index is 0.0144. The number of nitro benzene ring substituents is 1. The molecule has 1 aromatic carbocycles. The fourth-order valence-electron chi connectivity index (χ4n) is 1.07. The summed E-state index contributed by atoms with van der Waals surface area (Å²) in [5.74, 6) is -0.394. The Bertz CT molecular complexity index is 411. The van der Waals surface area contributed by atoms with E-state index in [9.17, 15) is 19.7 Å². The van der Waals surface area contributed by atoms with Gasteiger partial charge in [-0.15, -0.1) is 0 Å². The van der Waals surface area contributed by atoms with Crippen LogP contribution in [0, 0.1) is 10.1 Å². The van der Waals surface area contributed by atoms with Gasteiger partial charge in [0.2, 0.25) is 0 Å². The van der Waals surface area contributed by atoms with E-state index in [0.717, 1.165) is 6.07 Å². The monoisotopic (exact) mass is 193 g/mol. The number of nitrogens with zero attached hydrogens (tertiary/aromatic N) is 1. The van der Waals surface area contributed by atoms with Gasteiger partial charge in [0, 0.05) is 11.6 Å². The molecule has 0 aliphatic heterocycles. The highest BCUT2D eigenvalue weighted by molar-refractivity contribution is 5.98. The highest BCUT2D eigenvalue weighted by Gasteiger charge is 2.17. The second kappa shape index (κ2) is 3.78. The number of Topliss-reactive ketones (excluding diaryl/α,β-unsaturated/α-hetero) is 1. The molecule has 0 unspecified atom stereocenters. The van der Waals surface area contributed by atoms with E-state index in [-0.39, 0.29) is 16.8 Å². The van der Waals surface area contributed by atoms with E-state index in [1.807, 2.05) is 0 Å². The molecule has 0 heterocycles. The molecule has 0 spiro atoms. The van der Waals surface area contributed by atoms with Gasteiger partial charge in [0.1, 0.15) is 6.29 Å². The minimum Gasteiger partial charge on any atom is -0.298 e. The van der Waals surface area contributed by atoms with Crippen molar-refractivity contribution >= 4 is 17.8 Å². The molecule has 0 saturated carbocycles. The average Bonchev–Trinajstić information content (AvgIpc) is 2.16. The van der Waals surface area contributed by atoms with Crippen LogP contribution >= 0.6 is 0 Å². The lowest BCUT2D eigenvalue weighted by Gasteiger charge is -1.98. The van der Waals surface area contributed by atoms with Crippen LogP contribution in [0.2, 0.25) is 0 Å². The van der Waals surface area contributed by atoms with Crippen molar-refractivity contribution in [1.82, 2.24) is 0 Å². The molecule has 5 nitrogen and oxygen atoms in total.